The fourth-order valence-electron chi connectivity index (χ4n) is 2.92. The molecule has 3 rings (SSSR count). The van der Waals surface area contributed by atoms with Gasteiger partial charge in [0.2, 0.25) is 0 Å². The Bertz CT molecular complexity index is 1230. The number of nitrogens with one attached hydrogen (secondary N) is 2. The number of hydrogen-bond donors (Lipinski definition) is 2. The molecule has 0 spiro atoms. The second kappa shape index (κ2) is 9.54. The number of nitrogens with zero attached hydrogens (tertiary/aromatic N) is 2. The van der Waals surface area contributed by atoms with Gasteiger partial charge in [0.25, 0.3) is 15.9 Å². The van der Waals surface area contributed by atoms with E-state index in [0.717, 1.165) is 5.56 Å². The summed E-state index contributed by atoms with van der Waals surface area (Å²) in [5.74, 6) is 0.835. The predicted molar refractivity (Wildman–Crippen MR) is 124 cm³/mol. The van der Waals surface area contributed by atoms with Gasteiger partial charge in [0.15, 0.2) is 6.10 Å². The predicted octanol–water partition coefficient (Wildman–Crippen LogP) is 4.26. The first-order chi connectivity index (χ1) is 15.0. The van der Waals surface area contributed by atoms with Crippen molar-refractivity contribution in [3.63, 3.8) is 0 Å². The van der Waals surface area contributed by atoms with Crippen LogP contribution in [0, 0.1) is 20.8 Å². The fraction of sp³-hybridized carbons (Fsp3) is 0.227. The van der Waals surface area contributed by atoms with E-state index in [1.54, 1.807) is 45.0 Å². The normalized spacial score (nSPS) is 12.2. The number of hydrogen-bond acceptors (Lipinski definition) is 6. The van der Waals surface area contributed by atoms with Crippen LogP contribution in [-0.4, -0.2) is 30.4 Å². The molecule has 1 heterocycles. The van der Waals surface area contributed by atoms with Crippen molar-refractivity contribution in [3.05, 3.63) is 70.6 Å². The summed E-state index contributed by atoms with van der Waals surface area (Å²) in [4.78, 5) is 20.7. The zero-order chi connectivity index (χ0) is 23.5. The van der Waals surface area contributed by atoms with Crippen molar-refractivity contribution in [2.45, 2.75) is 38.7 Å². The number of aryl methyl sites for hydroxylation is 3. The molecule has 168 valence electrons. The number of carbonyl (C=O) groups is 1. The number of aromatic nitrogens is 2. The summed E-state index contributed by atoms with van der Waals surface area (Å²) < 4.78 is 33.4. The smallest absolute Gasteiger partial charge is 0.265 e. The van der Waals surface area contributed by atoms with E-state index in [1.807, 2.05) is 6.92 Å². The highest BCUT2D eigenvalue weighted by atomic mass is 35.5. The van der Waals surface area contributed by atoms with Crippen LogP contribution in [0.5, 0.6) is 5.75 Å². The number of benzene rings is 2. The highest BCUT2D eigenvalue weighted by Gasteiger charge is 2.18. The molecule has 0 bridgehead atoms. The van der Waals surface area contributed by atoms with Gasteiger partial charge in [-0.05, 0) is 75.7 Å². The molecule has 2 aromatic carbocycles. The minimum absolute atomic E-state index is 0.0329. The quantitative estimate of drug-likeness (QED) is 0.529. The molecule has 1 amide bonds. The van der Waals surface area contributed by atoms with Crippen molar-refractivity contribution in [2.24, 2.45) is 0 Å². The largest absolute Gasteiger partial charge is 0.481 e. The number of sulfonamides is 1. The molecule has 3 aromatic rings. The molecular formula is C22H23ClN4O4S. The third-order valence-corrected chi connectivity index (χ3v) is 6.05. The lowest BCUT2D eigenvalue weighted by atomic mass is 10.2. The molecular weight excluding hydrogens is 452 g/mol. The van der Waals surface area contributed by atoms with Crippen LogP contribution in [0.2, 0.25) is 5.02 Å². The molecule has 0 saturated carbocycles. The Hall–Kier alpha value is -3.17. The van der Waals surface area contributed by atoms with E-state index in [2.05, 4.69) is 20.0 Å². The van der Waals surface area contributed by atoms with Gasteiger partial charge in [-0.2, -0.15) is 0 Å². The fourth-order valence-corrected chi connectivity index (χ4v) is 4.13. The van der Waals surface area contributed by atoms with Crippen LogP contribution in [0.1, 0.15) is 24.0 Å². The standard InChI is InChI=1S/C22H23ClN4O4S/c1-13-11-17(23)5-10-20(13)31-15(3)22(28)26-18-6-8-19(9-7-18)32(29,30)27-21-12-14(2)24-16(4)25-21/h5-12,15H,1-4H3,(H,26,28)(H,24,25,27)/t15-/m0/s1. The summed E-state index contributed by atoms with van der Waals surface area (Å²) in [5, 5.41) is 3.29. The van der Waals surface area contributed by atoms with Gasteiger partial charge in [0.05, 0.1) is 4.90 Å². The van der Waals surface area contributed by atoms with E-state index in [4.69, 9.17) is 16.3 Å². The van der Waals surface area contributed by atoms with E-state index in [-0.39, 0.29) is 16.6 Å². The van der Waals surface area contributed by atoms with Crippen LogP contribution < -0.4 is 14.8 Å². The third kappa shape index (κ3) is 5.95. The number of amides is 1. The zero-order valence-corrected chi connectivity index (χ0v) is 19.6. The Morgan fingerprint density at radius 3 is 2.34 bits per heavy atom. The monoisotopic (exact) mass is 474 g/mol. The first kappa shape index (κ1) is 23.5. The van der Waals surface area contributed by atoms with Crippen LogP contribution in [0.25, 0.3) is 0 Å². The summed E-state index contributed by atoms with van der Waals surface area (Å²) in [6, 6.07) is 12.5. The van der Waals surface area contributed by atoms with Gasteiger partial charge in [-0.3, -0.25) is 9.52 Å². The maximum atomic E-state index is 12.6. The molecule has 0 unspecified atom stereocenters. The van der Waals surface area contributed by atoms with E-state index in [1.165, 1.54) is 24.3 Å². The molecule has 1 aromatic heterocycles. The summed E-state index contributed by atoms with van der Waals surface area (Å²) in [5.41, 5.74) is 1.90. The van der Waals surface area contributed by atoms with Gasteiger partial charge in [0, 0.05) is 22.5 Å². The van der Waals surface area contributed by atoms with E-state index < -0.39 is 16.1 Å². The Balaban J connectivity index is 1.66. The number of anilines is 2. The van der Waals surface area contributed by atoms with Crippen molar-refractivity contribution in [1.29, 1.82) is 0 Å². The summed E-state index contributed by atoms with van der Waals surface area (Å²) >= 11 is 5.94. The molecule has 1 atom stereocenters. The van der Waals surface area contributed by atoms with Crippen molar-refractivity contribution in [1.82, 2.24) is 9.97 Å². The van der Waals surface area contributed by atoms with Gasteiger partial charge in [-0.25, -0.2) is 18.4 Å². The van der Waals surface area contributed by atoms with Crippen molar-refractivity contribution in [2.75, 3.05) is 10.0 Å². The van der Waals surface area contributed by atoms with Gasteiger partial charge in [-0.15, -0.1) is 0 Å². The first-order valence-electron chi connectivity index (χ1n) is 9.72. The number of halogens is 1. The first-order valence-corrected chi connectivity index (χ1v) is 11.6. The van der Waals surface area contributed by atoms with Crippen molar-refractivity contribution in [3.8, 4) is 5.75 Å². The van der Waals surface area contributed by atoms with Gasteiger partial charge in [0.1, 0.15) is 17.4 Å². The summed E-state index contributed by atoms with van der Waals surface area (Å²) in [7, 11) is -3.85. The lowest BCUT2D eigenvalue weighted by molar-refractivity contribution is -0.122. The Kier molecular flexibility index (Phi) is 7.00. The molecule has 0 aliphatic rings. The maximum absolute atomic E-state index is 12.6. The summed E-state index contributed by atoms with van der Waals surface area (Å²) in [6.07, 6.45) is -0.774. The summed E-state index contributed by atoms with van der Waals surface area (Å²) in [6.45, 7) is 6.89. The molecule has 2 N–H and O–H groups in total. The zero-order valence-electron chi connectivity index (χ0n) is 18.0. The lowest BCUT2D eigenvalue weighted by Gasteiger charge is -2.16. The Morgan fingerprint density at radius 2 is 1.72 bits per heavy atom. The second-order valence-corrected chi connectivity index (χ2v) is 9.35. The molecule has 0 saturated heterocycles. The highest BCUT2D eigenvalue weighted by molar-refractivity contribution is 7.92. The topological polar surface area (TPSA) is 110 Å². The molecule has 8 nitrogen and oxygen atoms in total. The Labute approximate surface area is 192 Å². The highest BCUT2D eigenvalue weighted by Crippen LogP contribution is 2.23. The average molecular weight is 475 g/mol. The SMILES string of the molecule is Cc1cc(NS(=O)(=O)c2ccc(NC(=O)[C@H](C)Oc3ccc(Cl)cc3C)cc2)nc(C)n1. The van der Waals surface area contributed by atoms with Crippen molar-refractivity contribution >= 4 is 39.0 Å². The Morgan fingerprint density at radius 1 is 1.03 bits per heavy atom. The van der Waals surface area contributed by atoms with Gasteiger partial charge < -0.3 is 10.1 Å². The lowest BCUT2D eigenvalue weighted by Crippen LogP contribution is -2.30. The molecule has 10 heteroatoms. The molecule has 32 heavy (non-hydrogen) atoms. The van der Waals surface area contributed by atoms with Crippen LogP contribution in [0.15, 0.2) is 53.4 Å². The van der Waals surface area contributed by atoms with E-state index in [9.17, 15) is 13.2 Å². The minimum Gasteiger partial charge on any atom is -0.481 e. The number of ether oxygens (including phenoxy) is 1. The average Bonchev–Trinajstić information content (AvgIpc) is 2.69. The van der Waals surface area contributed by atoms with Crippen LogP contribution in [0.4, 0.5) is 11.5 Å². The van der Waals surface area contributed by atoms with Crippen LogP contribution >= 0.6 is 11.6 Å². The maximum Gasteiger partial charge on any atom is 0.265 e. The van der Waals surface area contributed by atoms with E-state index >= 15 is 0 Å². The number of rotatable bonds is 7. The van der Waals surface area contributed by atoms with Crippen molar-refractivity contribution < 1.29 is 17.9 Å². The number of carbonyl (C=O) groups excluding carboxylic acids is 1. The third-order valence-electron chi connectivity index (χ3n) is 4.45. The molecule has 0 aliphatic heterocycles. The molecule has 0 radical (unpaired) electrons. The second-order valence-electron chi connectivity index (χ2n) is 7.23. The molecule has 0 aliphatic carbocycles. The van der Waals surface area contributed by atoms with E-state index in [0.29, 0.717) is 28.0 Å². The van der Waals surface area contributed by atoms with Crippen LogP contribution in [-0.2, 0) is 14.8 Å². The van der Waals surface area contributed by atoms with Gasteiger partial charge >= 0.3 is 0 Å². The molecule has 0 fully saturated rings. The van der Waals surface area contributed by atoms with Crippen LogP contribution in [0.3, 0.4) is 0 Å². The van der Waals surface area contributed by atoms with Gasteiger partial charge in [-0.1, -0.05) is 11.6 Å². The minimum atomic E-state index is -3.85.